The number of amides is 2. The number of aryl methyl sites for hydroxylation is 2. The fraction of sp³-hybridized carbons (Fsp3) is 0.312. The zero-order chi connectivity index (χ0) is 16.3. The molecule has 2 N–H and O–H groups in total. The molecule has 0 aliphatic rings. The van der Waals surface area contributed by atoms with E-state index in [9.17, 15) is 9.59 Å². The summed E-state index contributed by atoms with van der Waals surface area (Å²) in [6.07, 6.45) is 0.291. The van der Waals surface area contributed by atoms with Gasteiger partial charge in [0.05, 0.1) is 12.1 Å². The van der Waals surface area contributed by atoms with Gasteiger partial charge >= 0.3 is 0 Å². The van der Waals surface area contributed by atoms with Gasteiger partial charge in [0.1, 0.15) is 0 Å². The zero-order valence-electron chi connectivity index (χ0n) is 13.2. The molecule has 0 aliphatic carbocycles. The summed E-state index contributed by atoms with van der Waals surface area (Å²) in [5, 5.41) is 9.83. The second-order valence-corrected chi connectivity index (χ2v) is 5.26. The smallest absolute Gasteiger partial charge is 0.228 e. The molecule has 0 atom stereocenters. The predicted molar refractivity (Wildman–Crippen MR) is 85.8 cm³/mol. The monoisotopic (exact) mass is 300 g/mol. The van der Waals surface area contributed by atoms with E-state index < -0.39 is 0 Å². The van der Waals surface area contributed by atoms with Crippen LogP contribution in [0.15, 0.2) is 24.3 Å². The van der Waals surface area contributed by atoms with Crippen LogP contribution in [0.2, 0.25) is 0 Å². The van der Waals surface area contributed by atoms with Gasteiger partial charge in [-0.05, 0) is 38.1 Å². The van der Waals surface area contributed by atoms with E-state index in [0.29, 0.717) is 17.8 Å². The van der Waals surface area contributed by atoms with Crippen LogP contribution >= 0.6 is 0 Å². The van der Waals surface area contributed by atoms with Crippen LogP contribution in [-0.2, 0) is 23.1 Å². The van der Waals surface area contributed by atoms with Crippen molar-refractivity contribution in [1.82, 2.24) is 9.78 Å². The van der Waals surface area contributed by atoms with E-state index in [1.807, 2.05) is 20.9 Å². The van der Waals surface area contributed by atoms with E-state index >= 15 is 0 Å². The van der Waals surface area contributed by atoms with Crippen LogP contribution < -0.4 is 10.6 Å². The number of benzene rings is 1. The second kappa shape index (κ2) is 6.43. The summed E-state index contributed by atoms with van der Waals surface area (Å²) >= 11 is 0. The first kappa shape index (κ1) is 15.8. The van der Waals surface area contributed by atoms with Gasteiger partial charge in [0.2, 0.25) is 11.8 Å². The minimum absolute atomic E-state index is 0.0912. The highest BCUT2D eigenvalue weighted by atomic mass is 16.2. The molecular weight excluding hydrogens is 280 g/mol. The topological polar surface area (TPSA) is 76.0 Å². The lowest BCUT2D eigenvalue weighted by atomic mass is 10.1. The van der Waals surface area contributed by atoms with Crippen LogP contribution in [0.5, 0.6) is 0 Å². The number of nitrogens with one attached hydrogen (secondary N) is 2. The molecule has 0 spiro atoms. The normalized spacial score (nSPS) is 10.4. The third-order valence-electron chi connectivity index (χ3n) is 3.49. The molecule has 0 unspecified atom stereocenters. The van der Waals surface area contributed by atoms with E-state index in [1.165, 1.54) is 6.92 Å². The lowest BCUT2D eigenvalue weighted by Gasteiger charge is -2.07. The average Bonchev–Trinajstić information content (AvgIpc) is 2.67. The van der Waals surface area contributed by atoms with Gasteiger partial charge in [-0.3, -0.25) is 14.3 Å². The molecule has 0 fully saturated rings. The Balaban J connectivity index is 2.01. The quantitative estimate of drug-likeness (QED) is 0.908. The van der Waals surface area contributed by atoms with Crippen LogP contribution in [-0.4, -0.2) is 21.6 Å². The molecule has 6 nitrogen and oxygen atoms in total. The van der Waals surface area contributed by atoms with Crippen molar-refractivity contribution < 1.29 is 9.59 Å². The van der Waals surface area contributed by atoms with E-state index in [1.54, 1.807) is 28.9 Å². The predicted octanol–water partition coefficient (Wildman–Crippen LogP) is 2.18. The van der Waals surface area contributed by atoms with Crippen LogP contribution in [0.1, 0.15) is 23.9 Å². The summed E-state index contributed by atoms with van der Waals surface area (Å²) in [6.45, 7) is 5.30. The molecule has 1 aromatic carbocycles. The van der Waals surface area contributed by atoms with Gasteiger partial charge in [0, 0.05) is 36.6 Å². The summed E-state index contributed by atoms with van der Waals surface area (Å²) in [6, 6.07) is 7.01. The Labute approximate surface area is 129 Å². The van der Waals surface area contributed by atoms with Gasteiger partial charge in [-0.25, -0.2) is 0 Å². The lowest BCUT2D eigenvalue weighted by Crippen LogP contribution is -2.15. The Morgan fingerprint density at radius 2 is 1.64 bits per heavy atom. The number of carbonyl (C=O) groups is 2. The molecule has 1 heterocycles. The van der Waals surface area contributed by atoms with Crippen LogP contribution in [0.25, 0.3) is 0 Å². The van der Waals surface area contributed by atoms with Crippen molar-refractivity contribution in [2.75, 3.05) is 10.6 Å². The average molecular weight is 300 g/mol. The van der Waals surface area contributed by atoms with Crippen molar-refractivity contribution in [3.63, 3.8) is 0 Å². The van der Waals surface area contributed by atoms with Crippen molar-refractivity contribution in [3.05, 3.63) is 41.2 Å². The molecule has 0 saturated carbocycles. The van der Waals surface area contributed by atoms with E-state index in [4.69, 9.17) is 0 Å². The minimum Gasteiger partial charge on any atom is -0.326 e. The van der Waals surface area contributed by atoms with E-state index in [-0.39, 0.29) is 11.8 Å². The van der Waals surface area contributed by atoms with Gasteiger partial charge in [-0.2, -0.15) is 5.10 Å². The SMILES string of the molecule is CC(=O)Nc1ccc(NC(=O)Cc2c(C)nn(C)c2C)cc1. The number of hydrogen-bond acceptors (Lipinski definition) is 3. The molecule has 0 bridgehead atoms. The Bertz CT molecular complexity index is 702. The van der Waals surface area contributed by atoms with E-state index in [0.717, 1.165) is 17.0 Å². The van der Waals surface area contributed by atoms with Gasteiger partial charge in [0.25, 0.3) is 0 Å². The first-order valence-electron chi connectivity index (χ1n) is 7.03. The van der Waals surface area contributed by atoms with Crippen molar-refractivity contribution in [2.24, 2.45) is 7.05 Å². The molecule has 6 heteroatoms. The van der Waals surface area contributed by atoms with Crippen molar-refractivity contribution >= 4 is 23.2 Å². The lowest BCUT2D eigenvalue weighted by molar-refractivity contribution is -0.116. The number of aromatic nitrogens is 2. The number of carbonyl (C=O) groups excluding carboxylic acids is 2. The second-order valence-electron chi connectivity index (χ2n) is 5.26. The summed E-state index contributed by atoms with van der Waals surface area (Å²) in [4.78, 5) is 23.1. The molecule has 0 radical (unpaired) electrons. The first-order chi connectivity index (χ1) is 10.4. The van der Waals surface area contributed by atoms with Crippen molar-refractivity contribution in [1.29, 1.82) is 0 Å². The van der Waals surface area contributed by atoms with Gasteiger partial charge in [-0.15, -0.1) is 0 Å². The Kier molecular flexibility index (Phi) is 4.60. The molecule has 116 valence electrons. The Morgan fingerprint density at radius 1 is 1.09 bits per heavy atom. The Hall–Kier alpha value is -2.63. The van der Waals surface area contributed by atoms with Crippen molar-refractivity contribution in [2.45, 2.75) is 27.2 Å². The largest absolute Gasteiger partial charge is 0.326 e. The maximum absolute atomic E-state index is 12.1. The molecular formula is C16H20N4O2. The molecule has 2 aromatic rings. The van der Waals surface area contributed by atoms with Gasteiger partial charge < -0.3 is 10.6 Å². The zero-order valence-corrected chi connectivity index (χ0v) is 13.2. The van der Waals surface area contributed by atoms with E-state index in [2.05, 4.69) is 15.7 Å². The third-order valence-corrected chi connectivity index (χ3v) is 3.49. The highest BCUT2D eigenvalue weighted by molar-refractivity contribution is 5.93. The van der Waals surface area contributed by atoms with Crippen molar-refractivity contribution in [3.8, 4) is 0 Å². The fourth-order valence-corrected chi connectivity index (χ4v) is 2.28. The minimum atomic E-state index is -0.126. The van der Waals surface area contributed by atoms with Crippen LogP contribution in [0, 0.1) is 13.8 Å². The van der Waals surface area contributed by atoms with Gasteiger partial charge in [0.15, 0.2) is 0 Å². The molecule has 0 saturated heterocycles. The first-order valence-corrected chi connectivity index (χ1v) is 7.03. The summed E-state index contributed by atoms with van der Waals surface area (Å²) in [7, 11) is 1.87. The standard InChI is InChI=1S/C16H20N4O2/c1-10-15(11(2)20(4)19-10)9-16(22)18-14-7-5-13(6-8-14)17-12(3)21/h5-8H,9H2,1-4H3,(H,17,21)(H,18,22). The third kappa shape index (κ3) is 3.72. The number of rotatable bonds is 4. The number of nitrogens with zero attached hydrogens (tertiary/aromatic N) is 2. The Morgan fingerprint density at radius 3 is 2.09 bits per heavy atom. The molecule has 0 aliphatic heterocycles. The van der Waals surface area contributed by atoms with Crippen LogP contribution in [0.3, 0.4) is 0 Å². The highest BCUT2D eigenvalue weighted by Crippen LogP contribution is 2.16. The number of hydrogen-bond donors (Lipinski definition) is 2. The summed E-state index contributed by atoms with van der Waals surface area (Å²) in [5.74, 6) is -0.217. The summed E-state index contributed by atoms with van der Waals surface area (Å²) in [5.41, 5.74) is 4.21. The van der Waals surface area contributed by atoms with Crippen LogP contribution in [0.4, 0.5) is 11.4 Å². The maximum Gasteiger partial charge on any atom is 0.228 e. The van der Waals surface area contributed by atoms with Gasteiger partial charge in [-0.1, -0.05) is 0 Å². The molecule has 2 rings (SSSR count). The fourth-order valence-electron chi connectivity index (χ4n) is 2.28. The highest BCUT2D eigenvalue weighted by Gasteiger charge is 2.13. The molecule has 1 aromatic heterocycles. The maximum atomic E-state index is 12.1. The molecule has 22 heavy (non-hydrogen) atoms. The summed E-state index contributed by atoms with van der Waals surface area (Å²) < 4.78 is 1.78. The number of anilines is 2. The molecule has 2 amide bonds.